The minimum atomic E-state index is -0.701. The summed E-state index contributed by atoms with van der Waals surface area (Å²) >= 11 is 0. The Bertz CT molecular complexity index is 2360. The number of hydrogen-bond acceptors (Lipinski definition) is 9. The van der Waals surface area contributed by atoms with Crippen LogP contribution in [0.4, 0.5) is 9.59 Å². The number of hydrogen-bond donors (Lipinski definition) is 4. The van der Waals surface area contributed by atoms with Gasteiger partial charge in [0.25, 0.3) is 0 Å². The lowest BCUT2D eigenvalue weighted by atomic mass is 9.81. The number of aromatic amines is 2. The van der Waals surface area contributed by atoms with Crippen LogP contribution in [0.5, 0.6) is 0 Å². The molecule has 4 aliphatic rings. The summed E-state index contributed by atoms with van der Waals surface area (Å²) in [6.45, 7) is 8.82. The maximum Gasteiger partial charge on any atom is 0.407 e. The van der Waals surface area contributed by atoms with Gasteiger partial charge in [-0.05, 0) is 108 Å². The maximum absolute atomic E-state index is 13.8. The number of nitrogens with one attached hydrogen (secondary N) is 4. The third-order valence-corrected chi connectivity index (χ3v) is 13.1. The van der Waals surface area contributed by atoms with Crippen LogP contribution in [0.25, 0.3) is 44.3 Å². The second kappa shape index (κ2) is 16.1. The highest BCUT2D eigenvalue weighted by Crippen LogP contribution is 2.56. The molecule has 9 rings (SSSR count). The maximum atomic E-state index is 13.8. The summed E-state index contributed by atoms with van der Waals surface area (Å²) < 4.78 is 16.2. The first-order chi connectivity index (χ1) is 29.4. The van der Waals surface area contributed by atoms with Gasteiger partial charge in [-0.2, -0.15) is 0 Å². The summed E-state index contributed by atoms with van der Waals surface area (Å²) in [5.41, 5.74) is 10.3. The molecule has 0 saturated carbocycles. The van der Waals surface area contributed by atoms with Crippen molar-refractivity contribution in [3.05, 3.63) is 71.3 Å². The molecule has 15 nitrogen and oxygen atoms in total. The molecule has 3 aromatic carbocycles. The van der Waals surface area contributed by atoms with Gasteiger partial charge in [-0.3, -0.25) is 9.59 Å². The van der Waals surface area contributed by atoms with Crippen LogP contribution >= 0.6 is 0 Å². The number of fused-ring (bicyclic) bond motifs is 7. The Balaban J connectivity index is 0.995. The van der Waals surface area contributed by atoms with E-state index in [1.165, 1.54) is 25.3 Å². The first-order valence-electron chi connectivity index (χ1n) is 21.6. The Kier molecular flexibility index (Phi) is 10.7. The van der Waals surface area contributed by atoms with Crippen molar-refractivity contribution in [2.45, 2.75) is 103 Å². The van der Waals surface area contributed by atoms with Crippen molar-refractivity contribution in [2.24, 2.45) is 11.8 Å². The lowest BCUT2D eigenvalue weighted by Gasteiger charge is -2.29. The number of carbonyl (C=O) groups is 4. The number of amides is 4. The summed E-state index contributed by atoms with van der Waals surface area (Å²) in [6, 6.07) is 15.1. The van der Waals surface area contributed by atoms with Crippen molar-refractivity contribution in [2.75, 3.05) is 27.3 Å². The molecule has 6 atom stereocenters. The molecule has 2 aromatic heterocycles. The van der Waals surface area contributed by atoms with E-state index in [4.69, 9.17) is 24.2 Å². The smallest absolute Gasteiger partial charge is 0.407 e. The molecule has 4 amide bonds. The molecule has 3 saturated heterocycles. The Labute approximate surface area is 354 Å². The lowest BCUT2D eigenvalue weighted by Crippen LogP contribution is -2.51. The van der Waals surface area contributed by atoms with Gasteiger partial charge in [0.05, 0.1) is 60.6 Å². The second-order valence-electron chi connectivity index (χ2n) is 17.5. The monoisotopic (exact) mass is 830 g/mol. The SMILES string of the molecule is COC(=O)N[C@H](C(=O)N1CCCC1c1nc2ccc(-c3ccc(-c4ccc5nc([C@@H]6CCCN6C(=O)[C@@H](NC(=O)OC)C(C)C)[nH]c5c4)c4c3C3CCC4O3)cc2[nH]1)C(C)C. The molecule has 6 heterocycles. The van der Waals surface area contributed by atoms with Gasteiger partial charge < -0.3 is 44.6 Å². The Hall–Kier alpha value is -5.96. The fraction of sp³-hybridized carbons (Fsp3) is 0.478. The average molecular weight is 831 g/mol. The number of nitrogens with zero attached hydrogens (tertiary/aromatic N) is 4. The van der Waals surface area contributed by atoms with Gasteiger partial charge in [-0.1, -0.05) is 52.0 Å². The number of carbonyl (C=O) groups excluding carboxylic acids is 4. The van der Waals surface area contributed by atoms with Gasteiger partial charge in [0, 0.05) is 13.1 Å². The van der Waals surface area contributed by atoms with Gasteiger partial charge in [0.1, 0.15) is 23.7 Å². The number of methoxy groups -OCH3 is 2. The van der Waals surface area contributed by atoms with E-state index in [9.17, 15) is 19.2 Å². The number of likely N-dealkylation sites (tertiary alicyclic amines) is 2. The van der Waals surface area contributed by atoms with Crippen molar-refractivity contribution < 1.29 is 33.4 Å². The standard InChI is InChI=1S/C46H54N8O7/c1-23(2)39(51-45(57)59-5)43(55)53-19-7-9-33(53)41-47-29-15-11-25(21-31(29)49-41)27-13-14-28(38-36-18-17-35(61-36)37(27)38)26-12-16-30-32(22-26)50-42(48-30)34-10-8-20-54(34)44(56)40(24(3)4)52-46(58)60-6/h11-16,21-24,33-36,39-40H,7-10,17-20H2,1-6H3,(H,47,49)(H,48,50)(H,51,57)(H,52,58)/t33-,34?,35?,36?,39-,40-/m0/s1. The van der Waals surface area contributed by atoms with E-state index >= 15 is 0 Å². The summed E-state index contributed by atoms with van der Waals surface area (Å²) in [6.07, 6.45) is 3.92. The third-order valence-electron chi connectivity index (χ3n) is 13.1. The van der Waals surface area contributed by atoms with Gasteiger partial charge in [0.2, 0.25) is 11.8 Å². The molecule has 0 spiro atoms. The van der Waals surface area contributed by atoms with Gasteiger partial charge >= 0.3 is 12.2 Å². The van der Waals surface area contributed by atoms with Crippen LogP contribution in [-0.2, 0) is 23.8 Å². The average Bonchev–Trinajstić information content (AvgIpc) is 4.12. The topological polar surface area (TPSA) is 184 Å². The molecular formula is C46H54N8O7. The summed E-state index contributed by atoms with van der Waals surface area (Å²) in [4.78, 5) is 72.4. The normalized spacial score (nSPS) is 21.7. The molecule has 0 aliphatic carbocycles. The Morgan fingerprint density at radius 3 is 1.48 bits per heavy atom. The Morgan fingerprint density at radius 1 is 0.656 bits per heavy atom. The largest absolute Gasteiger partial charge is 0.453 e. The predicted molar refractivity (Wildman–Crippen MR) is 228 cm³/mol. The first kappa shape index (κ1) is 40.4. The fourth-order valence-electron chi connectivity index (χ4n) is 9.99. The van der Waals surface area contributed by atoms with E-state index in [0.29, 0.717) is 13.1 Å². The molecule has 0 radical (unpaired) electrons. The molecule has 15 heteroatoms. The van der Waals surface area contributed by atoms with Crippen LogP contribution in [0, 0.1) is 11.8 Å². The second-order valence-corrected chi connectivity index (χ2v) is 17.5. The van der Waals surface area contributed by atoms with E-state index in [0.717, 1.165) is 94.5 Å². The molecular weight excluding hydrogens is 777 g/mol. The predicted octanol–water partition coefficient (Wildman–Crippen LogP) is 7.77. The number of alkyl carbamates (subject to hydrolysis) is 2. The van der Waals surface area contributed by atoms with Crippen molar-refractivity contribution in [3.63, 3.8) is 0 Å². The number of rotatable bonds is 10. The van der Waals surface area contributed by atoms with E-state index < -0.39 is 24.3 Å². The summed E-state index contributed by atoms with van der Waals surface area (Å²) in [5, 5.41) is 5.45. The highest BCUT2D eigenvalue weighted by molar-refractivity contribution is 5.90. The molecule has 3 fully saturated rings. The van der Waals surface area contributed by atoms with E-state index in [1.54, 1.807) is 0 Å². The van der Waals surface area contributed by atoms with E-state index in [1.807, 2.05) is 49.6 Å². The fourth-order valence-corrected chi connectivity index (χ4v) is 9.99. The zero-order valence-electron chi connectivity index (χ0n) is 35.5. The molecule has 3 unspecified atom stereocenters. The number of imidazole rings is 2. The van der Waals surface area contributed by atoms with E-state index in [2.05, 4.69) is 57.0 Å². The van der Waals surface area contributed by atoms with Crippen molar-refractivity contribution in [1.29, 1.82) is 0 Å². The Morgan fingerprint density at radius 2 is 1.08 bits per heavy atom. The zero-order valence-corrected chi connectivity index (χ0v) is 35.5. The summed E-state index contributed by atoms with van der Waals surface area (Å²) in [7, 11) is 2.59. The number of aromatic nitrogens is 4. The molecule has 4 N–H and O–H groups in total. The van der Waals surface area contributed by atoms with Crippen molar-refractivity contribution >= 4 is 46.1 Å². The van der Waals surface area contributed by atoms with Crippen molar-refractivity contribution in [3.8, 4) is 22.3 Å². The zero-order chi connectivity index (χ0) is 42.7. The molecule has 5 aromatic rings. The number of H-pyrrole nitrogens is 2. The van der Waals surface area contributed by atoms with Crippen LogP contribution in [0.15, 0.2) is 48.5 Å². The first-order valence-corrected chi connectivity index (χ1v) is 21.6. The number of ether oxygens (including phenoxy) is 3. The molecule has 2 bridgehead atoms. The van der Waals surface area contributed by atoms with Crippen LogP contribution in [0.3, 0.4) is 0 Å². The van der Waals surface area contributed by atoms with Crippen LogP contribution < -0.4 is 10.6 Å². The van der Waals surface area contributed by atoms with Gasteiger partial charge in [-0.25, -0.2) is 19.6 Å². The minimum Gasteiger partial charge on any atom is -0.453 e. The quantitative estimate of drug-likeness (QED) is 0.109. The van der Waals surface area contributed by atoms with Crippen LogP contribution in [0.1, 0.15) is 113 Å². The van der Waals surface area contributed by atoms with Gasteiger partial charge in [0.15, 0.2) is 0 Å². The molecule has 61 heavy (non-hydrogen) atoms. The molecule has 320 valence electrons. The highest BCUT2D eigenvalue weighted by atomic mass is 16.5. The van der Waals surface area contributed by atoms with Crippen LogP contribution in [-0.4, -0.2) is 93.1 Å². The molecule has 4 aliphatic heterocycles. The summed E-state index contributed by atoms with van der Waals surface area (Å²) in [5.74, 6) is 0.965. The lowest BCUT2D eigenvalue weighted by molar-refractivity contribution is -0.136. The van der Waals surface area contributed by atoms with E-state index in [-0.39, 0.29) is 47.9 Å². The van der Waals surface area contributed by atoms with Crippen LogP contribution in [0.2, 0.25) is 0 Å². The van der Waals surface area contributed by atoms with Gasteiger partial charge in [-0.15, -0.1) is 0 Å². The number of benzene rings is 3. The minimum absolute atomic E-state index is 0.00486. The highest BCUT2D eigenvalue weighted by Gasteiger charge is 2.43. The van der Waals surface area contributed by atoms with Crippen molar-refractivity contribution in [1.82, 2.24) is 40.4 Å². The third kappa shape index (κ3) is 7.25.